The Labute approximate surface area is 130 Å². The Kier molecular flexibility index (Phi) is 5.54. The second-order valence-electron chi connectivity index (χ2n) is 4.85. The molecule has 1 aliphatic rings. The third-order valence-corrected chi connectivity index (χ3v) is 4.69. The molecule has 1 aliphatic heterocycles. The minimum atomic E-state index is 0.0287. The molecule has 0 radical (unpaired) electrons. The van der Waals surface area contributed by atoms with Crippen LogP contribution < -0.4 is 10.5 Å². The number of carbonyl (C=O) groups excluding carboxylic acids is 1. The number of nitrogens with two attached hydrogens (primary N) is 1. The van der Waals surface area contributed by atoms with Crippen LogP contribution in [0, 0.1) is 11.8 Å². The second-order valence-corrected chi connectivity index (χ2v) is 6.00. The zero-order valence-corrected chi connectivity index (χ0v) is 13.2. The zero-order chi connectivity index (χ0) is 15.2. The van der Waals surface area contributed by atoms with Crippen LogP contribution in [0.25, 0.3) is 0 Å². The summed E-state index contributed by atoms with van der Waals surface area (Å²) in [6.45, 7) is 0.278. The average molecular weight is 304 g/mol. The summed E-state index contributed by atoms with van der Waals surface area (Å²) < 4.78 is 5.27. The Morgan fingerprint density at radius 3 is 3.00 bits per heavy atom. The number of thioether (sulfide) groups is 1. The first-order valence-corrected chi connectivity index (χ1v) is 8.04. The molecule has 1 aromatic rings. The fourth-order valence-electron chi connectivity index (χ4n) is 2.28. The number of carbonyl (C=O) groups is 1. The summed E-state index contributed by atoms with van der Waals surface area (Å²) in [5.41, 5.74) is 6.74. The van der Waals surface area contributed by atoms with E-state index in [0.717, 1.165) is 17.9 Å². The first-order chi connectivity index (χ1) is 10.2. The van der Waals surface area contributed by atoms with Gasteiger partial charge in [-0.05, 0) is 30.4 Å². The standard InChI is InChI=1S/C16H20N2O2S/c1-18(14-7-9-21-11-14)16(19)13-5-6-15(20-2)12(10-13)4-3-8-17/h5-6,10,14H,7-9,11,17H2,1-2H3. The van der Waals surface area contributed by atoms with E-state index in [4.69, 9.17) is 10.5 Å². The Morgan fingerprint density at radius 2 is 2.38 bits per heavy atom. The second kappa shape index (κ2) is 7.39. The summed E-state index contributed by atoms with van der Waals surface area (Å²) in [7, 11) is 3.46. The Hall–Kier alpha value is -1.64. The van der Waals surface area contributed by atoms with E-state index in [1.807, 2.05) is 23.7 Å². The molecule has 1 aromatic carbocycles. The van der Waals surface area contributed by atoms with Gasteiger partial charge >= 0.3 is 0 Å². The number of amides is 1. The lowest BCUT2D eigenvalue weighted by Crippen LogP contribution is -2.37. The van der Waals surface area contributed by atoms with Gasteiger partial charge in [0.05, 0.1) is 19.2 Å². The maximum Gasteiger partial charge on any atom is 0.253 e. The Bertz CT molecular complexity index is 571. The van der Waals surface area contributed by atoms with Gasteiger partial charge in [0.2, 0.25) is 0 Å². The molecule has 1 amide bonds. The van der Waals surface area contributed by atoms with E-state index in [2.05, 4.69) is 11.8 Å². The van der Waals surface area contributed by atoms with Crippen molar-refractivity contribution in [1.82, 2.24) is 4.90 Å². The SMILES string of the molecule is COc1ccc(C(=O)N(C)C2CCSC2)cc1C#CCN. The van der Waals surface area contributed by atoms with E-state index in [1.54, 1.807) is 25.3 Å². The molecule has 1 unspecified atom stereocenters. The van der Waals surface area contributed by atoms with Crippen LogP contribution in [-0.4, -0.2) is 49.1 Å². The molecule has 0 saturated carbocycles. The van der Waals surface area contributed by atoms with Gasteiger partial charge in [-0.25, -0.2) is 0 Å². The molecule has 5 heteroatoms. The van der Waals surface area contributed by atoms with Gasteiger partial charge in [0.1, 0.15) is 5.75 Å². The van der Waals surface area contributed by atoms with Gasteiger partial charge in [0, 0.05) is 24.4 Å². The number of hydrogen-bond acceptors (Lipinski definition) is 4. The molecule has 0 bridgehead atoms. The van der Waals surface area contributed by atoms with Crippen LogP contribution in [0.15, 0.2) is 18.2 Å². The molecule has 112 valence electrons. The number of rotatable bonds is 3. The summed E-state index contributed by atoms with van der Waals surface area (Å²) >= 11 is 1.89. The van der Waals surface area contributed by atoms with Gasteiger partial charge in [0.25, 0.3) is 5.91 Å². The minimum Gasteiger partial charge on any atom is -0.495 e. The van der Waals surface area contributed by atoms with Crippen LogP contribution in [0.4, 0.5) is 0 Å². The molecule has 1 fully saturated rings. The van der Waals surface area contributed by atoms with Crippen molar-refractivity contribution in [2.24, 2.45) is 5.73 Å². The van der Waals surface area contributed by atoms with Crippen molar-refractivity contribution in [3.05, 3.63) is 29.3 Å². The summed E-state index contributed by atoms with van der Waals surface area (Å²) in [6.07, 6.45) is 1.06. The fourth-order valence-corrected chi connectivity index (χ4v) is 3.55. The molecule has 0 aromatic heterocycles. The molecular weight excluding hydrogens is 284 g/mol. The Balaban J connectivity index is 2.24. The molecule has 2 rings (SSSR count). The molecule has 0 aliphatic carbocycles. The number of ether oxygens (including phenoxy) is 1. The number of nitrogens with zero attached hydrogens (tertiary/aromatic N) is 1. The molecular formula is C16H20N2O2S. The summed E-state index contributed by atoms with van der Waals surface area (Å²) in [5.74, 6) is 8.57. The summed E-state index contributed by atoms with van der Waals surface area (Å²) in [5, 5.41) is 0. The molecule has 1 saturated heterocycles. The van der Waals surface area contributed by atoms with Crippen LogP contribution in [0.3, 0.4) is 0 Å². The maximum atomic E-state index is 12.6. The highest BCUT2D eigenvalue weighted by atomic mass is 32.2. The van der Waals surface area contributed by atoms with Crippen molar-refractivity contribution in [2.75, 3.05) is 32.2 Å². The first kappa shape index (κ1) is 15.7. The van der Waals surface area contributed by atoms with Crippen LogP contribution in [0.5, 0.6) is 5.75 Å². The molecule has 1 atom stereocenters. The molecule has 2 N–H and O–H groups in total. The van der Waals surface area contributed by atoms with Crippen LogP contribution in [-0.2, 0) is 0 Å². The van der Waals surface area contributed by atoms with Crippen molar-refractivity contribution < 1.29 is 9.53 Å². The topological polar surface area (TPSA) is 55.6 Å². The van der Waals surface area contributed by atoms with Gasteiger partial charge in [-0.2, -0.15) is 11.8 Å². The predicted octanol–water partition coefficient (Wildman–Crippen LogP) is 1.58. The highest BCUT2D eigenvalue weighted by molar-refractivity contribution is 7.99. The van der Waals surface area contributed by atoms with Gasteiger partial charge in [-0.1, -0.05) is 11.8 Å². The average Bonchev–Trinajstić information content (AvgIpc) is 3.05. The molecule has 1 heterocycles. The third kappa shape index (κ3) is 3.72. The monoisotopic (exact) mass is 304 g/mol. The van der Waals surface area contributed by atoms with Gasteiger partial charge in [-0.3, -0.25) is 4.79 Å². The highest BCUT2D eigenvalue weighted by Crippen LogP contribution is 2.24. The molecule has 21 heavy (non-hydrogen) atoms. The van der Waals surface area contributed by atoms with E-state index >= 15 is 0 Å². The van der Waals surface area contributed by atoms with E-state index in [-0.39, 0.29) is 12.5 Å². The normalized spacial score (nSPS) is 17.0. The molecule has 4 nitrogen and oxygen atoms in total. The smallest absolute Gasteiger partial charge is 0.253 e. The number of hydrogen-bond donors (Lipinski definition) is 1. The van der Waals surface area contributed by atoms with Crippen molar-refractivity contribution >= 4 is 17.7 Å². The van der Waals surface area contributed by atoms with Crippen LogP contribution in [0.1, 0.15) is 22.3 Å². The summed E-state index contributed by atoms with van der Waals surface area (Å²) in [4.78, 5) is 14.4. The summed E-state index contributed by atoms with van der Waals surface area (Å²) in [6, 6.07) is 5.67. The number of benzene rings is 1. The van der Waals surface area contributed by atoms with Crippen molar-refractivity contribution in [3.63, 3.8) is 0 Å². The Morgan fingerprint density at radius 1 is 1.57 bits per heavy atom. The van der Waals surface area contributed by atoms with Crippen LogP contribution in [0.2, 0.25) is 0 Å². The maximum absolute atomic E-state index is 12.6. The predicted molar refractivity (Wildman–Crippen MR) is 86.7 cm³/mol. The lowest BCUT2D eigenvalue weighted by molar-refractivity contribution is 0.0748. The first-order valence-electron chi connectivity index (χ1n) is 6.89. The van der Waals surface area contributed by atoms with Gasteiger partial charge < -0.3 is 15.4 Å². The third-order valence-electron chi connectivity index (χ3n) is 3.55. The van der Waals surface area contributed by atoms with Gasteiger partial charge in [0.15, 0.2) is 0 Å². The van der Waals surface area contributed by atoms with Crippen molar-refractivity contribution in [1.29, 1.82) is 0 Å². The van der Waals surface area contributed by atoms with Gasteiger partial charge in [-0.15, -0.1) is 0 Å². The lowest BCUT2D eigenvalue weighted by Gasteiger charge is -2.24. The van der Waals surface area contributed by atoms with Crippen molar-refractivity contribution in [3.8, 4) is 17.6 Å². The lowest BCUT2D eigenvalue weighted by atomic mass is 10.1. The van der Waals surface area contributed by atoms with E-state index in [1.165, 1.54) is 0 Å². The number of methoxy groups -OCH3 is 1. The van der Waals surface area contributed by atoms with E-state index < -0.39 is 0 Å². The van der Waals surface area contributed by atoms with Crippen LogP contribution >= 0.6 is 11.8 Å². The quantitative estimate of drug-likeness (QED) is 0.862. The molecule has 0 spiro atoms. The largest absolute Gasteiger partial charge is 0.495 e. The zero-order valence-electron chi connectivity index (χ0n) is 12.4. The van der Waals surface area contributed by atoms with Crippen molar-refractivity contribution in [2.45, 2.75) is 12.5 Å². The fraction of sp³-hybridized carbons (Fsp3) is 0.438. The van der Waals surface area contributed by atoms with E-state index in [9.17, 15) is 4.79 Å². The van der Waals surface area contributed by atoms with E-state index in [0.29, 0.717) is 22.9 Å². The minimum absolute atomic E-state index is 0.0287. The highest BCUT2D eigenvalue weighted by Gasteiger charge is 2.24.